The van der Waals surface area contributed by atoms with Crippen LogP contribution < -0.4 is 5.32 Å². The second-order valence-electron chi connectivity index (χ2n) is 7.23. The third-order valence-corrected chi connectivity index (χ3v) is 5.23. The van der Waals surface area contributed by atoms with Crippen LogP contribution in [0.4, 0.5) is 5.69 Å². The van der Waals surface area contributed by atoms with E-state index in [1.54, 1.807) is 0 Å². The van der Waals surface area contributed by atoms with Gasteiger partial charge in [0.25, 0.3) is 0 Å². The minimum absolute atomic E-state index is 0.318. The van der Waals surface area contributed by atoms with Gasteiger partial charge in [-0.1, -0.05) is 23.4 Å². The summed E-state index contributed by atoms with van der Waals surface area (Å²) < 4.78 is 5.34. The van der Waals surface area contributed by atoms with E-state index in [9.17, 15) is 5.11 Å². The fraction of sp³-hybridized carbons (Fsp3) is 0.579. The number of hydrogen-bond acceptors (Lipinski definition) is 6. The largest absolute Gasteiger partial charge is 0.396 e. The quantitative estimate of drug-likeness (QED) is 0.806. The van der Waals surface area contributed by atoms with E-state index in [-0.39, 0.29) is 0 Å². The molecule has 2 N–H and O–H groups in total. The Hall–Kier alpha value is -1.92. The van der Waals surface area contributed by atoms with Gasteiger partial charge in [-0.3, -0.25) is 4.90 Å². The van der Waals surface area contributed by atoms with Crippen LogP contribution in [0, 0.1) is 5.92 Å². The zero-order chi connectivity index (χ0) is 17.1. The first-order valence-corrected chi connectivity index (χ1v) is 9.29. The van der Waals surface area contributed by atoms with Crippen LogP contribution in [0.3, 0.4) is 0 Å². The van der Waals surface area contributed by atoms with Gasteiger partial charge in [0.05, 0.1) is 6.54 Å². The summed E-state index contributed by atoms with van der Waals surface area (Å²) in [5, 5.41) is 16.8. The van der Waals surface area contributed by atoms with Gasteiger partial charge in [-0.15, -0.1) is 0 Å². The molecule has 0 bridgehead atoms. The van der Waals surface area contributed by atoms with Gasteiger partial charge < -0.3 is 14.9 Å². The van der Waals surface area contributed by atoms with Gasteiger partial charge in [-0.05, 0) is 56.3 Å². The molecule has 1 aromatic carbocycles. The maximum absolute atomic E-state index is 9.28. The van der Waals surface area contributed by atoms with Crippen LogP contribution in [0.2, 0.25) is 0 Å². The van der Waals surface area contributed by atoms with Crippen molar-refractivity contribution in [2.45, 2.75) is 44.7 Å². The van der Waals surface area contributed by atoms with Gasteiger partial charge in [-0.2, -0.15) is 4.98 Å². The second-order valence-corrected chi connectivity index (χ2v) is 7.23. The summed E-state index contributed by atoms with van der Waals surface area (Å²) >= 11 is 0. The van der Waals surface area contributed by atoms with E-state index >= 15 is 0 Å². The Morgan fingerprint density at radius 3 is 2.72 bits per heavy atom. The Bertz CT molecular complexity index is 690. The molecule has 1 aromatic heterocycles. The zero-order valence-corrected chi connectivity index (χ0v) is 14.5. The van der Waals surface area contributed by atoms with Crippen molar-refractivity contribution in [1.82, 2.24) is 15.0 Å². The number of likely N-dealkylation sites (tertiary alicyclic amines) is 1. The van der Waals surface area contributed by atoms with E-state index in [0.29, 0.717) is 30.9 Å². The number of piperidine rings is 1. The van der Waals surface area contributed by atoms with Crippen molar-refractivity contribution in [3.63, 3.8) is 0 Å². The second kappa shape index (κ2) is 7.54. The van der Waals surface area contributed by atoms with E-state index in [4.69, 9.17) is 4.52 Å². The highest BCUT2D eigenvalue weighted by Gasteiger charge is 2.28. The molecule has 1 saturated carbocycles. The fourth-order valence-electron chi connectivity index (χ4n) is 3.42. The number of nitrogens with zero attached hydrogens (tertiary/aromatic N) is 3. The Morgan fingerprint density at radius 1 is 1.16 bits per heavy atom. The number of rotatable bonds is 7. The zero-order valence-electron chi connectivity index (χ0n) is 14.5. The number of hydrogen-bond donors (Lipinski definition) is 2. The van der Waals surface area contributed by atoms with E-state index < -0.39 is 0 Å². The Morgan fingerprint density at radius 2 is 1.96 bits per heavy atom. The molecule has 1 aliphatic carbocycles. The molecule has 2 aromatic rings. The third-order valence-electron chi connectivity index (χ3n) is 5.23. The molecule has 0 unspecified atom stereocenters. The number of nitrogens with one attached hydrogen (secondary N) is 1. The summed E-state index contributed by atoms with van der Waals surface area (Å²) in [5.41, 5.74) is 2.41. The van der Waals surface area contributed by atoms with E-state index in [0.717, 1.165) is 44.0 Å². The van der Waals surface area contributed by atoms with Crippen LogP contribution in [0.1, 0.15) is 48.9 Å². The Kier molecular flexibility index (Phi) is 4.99. The highest BCUT2D eigenvalue weighted by Crippen LogP contribution is 2.38. The monoisotopic (exact) mass is 342 g/mol. The van der Waals surface area contributed by atoms with Gasteiger partial charge in [-0.25, -0.2) is 0 Å². The van der Waals surface area contributed by atoms with E-state index in [1.165, 1.54) is 18.4 Å². The molecule has 0 atom stereocenters. The van der Waals surface area contributed by atoms with Crippen molar-refractivity contribution in [2.24, 2.45) is 5.92 Å². The predicted octanol–water partition coefficient (Wildman–Crippen LogP) is 2.76. The minimum Gasteiger partial charge on any atom is -0.396 e. The topological polar surface area (TPSA) is 74.4 Å². The molecule has 1 aliphatic heterocycles. The molecule has 2 fully saturated rings. The molecule has 0 radical (unpaired) electrons. The van der Waals surface area contributed by atoms with Crippen molar-refractivity contribution in [1.29, 1.82) is 0 Å². The molecule has 0 amide bonds. The first-order valence-electron chi connectivity index (χ1n) is 9.29. The average Bonchev–Trinajstić information content (AvgIpc) is 3.40. The summed E-state index contributed by atoms with van der Waals surface area (Å²) in [4.78, 5) is 6.94. The standard InChI is InChI=1S/C19H26N4O2/c24-13-14-7-9-23(10-8-14)12-16-3-1-2-4-17(16)20-11-18-21-19(22-25-18)15-5-6-15/h1-4,14-15,20,24H,5-13H2. The molecule has 2 heterocycles. The summed E-state index contributed by atoms with van der Waals surface area (Å²) in [6, 6.07) is 8.41. The fourth-order valence-corrected chi connectivity index (χ4v) is 3.42. The van der Waals surface area contributed by atoms with Crippen molar-refractivity contribution in [3.05, 3.63) is 41.5 Å². The number of para-hydroxylation sites is 1. The molecule has 6 heteroatoms. The van der Waals surface area contributed by atoms with E-state index in [1.807, 2.05) is 6.07 Å². The highest BCUT2D eigenvalue weighted by molar-refractivity contribution is 5.51. The van der Waals surface area contributed by atoms with Gasteiger partial charge in [0.1, 0.15) is 0 Å². The smallest absolute Gasteiger partial charge is 0.245 e. The molecule has 25 heavy (non-hydrogen) atoms. The molecule has 6 nitrogen and oxygen atoms in total. The highest BCUT2D eigenvalue weighted by atomic mass is 16.5. The van der Waals surface area contributed by atoms with Crippen molar-refractivity contribution in [2.75, 3.05) is 25.0 Å². The van der Waals surface area contributed by atoms with Crippen molar-refractivity contribution < 1.29 is 9.63 Å². The lowest BCUT2D eigenvalue weighted by Crippen LogP contribution is -2.34. The lowest BCUT2D eigenvalue weighted by Gasteiger charge is -2.31. The number of anilines is 1. The van der Waals surface area contributed by atoms with Crippen LogP contribution >= 0.6 is 0 Å². The SMILES string of the molecule is OCC1CCN(Cc2ccccc2NCc2nc(C3CC3)no2)CC1. The van der Waals surface area contributed by atoms with Crippen LogP contribution in [0.15, 0.2) is 28.8 Å². The molecular formula is C19H26N4O2. The van der Waals surface area contributed by atoms with Crippen LogP contribution in [-0.2, 0) is 13.1 Å². The molecule has 4 rings (SSSR count). The Labute approximate surface area is 148 Å². The van der Waals surface area contributed by atoms with Crippen LogP contribution in [0.5, 0.6) is 0 Å². The first kappa shape index (κ1) is 16.5. The van der Waals surface area contributed by atoms with Gasteiger partial charge in [0.2, 0.25) is 5.89 Å². The normalized spacial score (nSPS) is 19.2. The van der Waals surface area contributed by atoms with Crippen molar-refractivity contribution >= 4 is 5.69 Å². The Balaban J connectivity index is 1.35. The number of aliphatic hydroxyl groups is 1. The molecule has 0 spiro atoms. The van der Waals surface area contributed by atoms with Crippen LogP contribution in [-0.4, -0.2) is 39.8 Å². The average molecular weight is 342 g/mol. The molecule has 134 valence electrons. The molecular weight excluding hydrogens is 316 g/mol. The maximum Gasteiger partial charge on any atom is 0.245 e. The summed E-state index contributed by atoms with van der Waals surface area (Å²) in [7, 11) is 0. The molecule has 2 aliphatic rings. The first-order chi connectivity index (χ1) is 12.3. The van der Waals surface area contributed by atoms with E-state index in [2.05, 4.69) is 38.6 Å². The van der Waals surface area contributed by atoms with Gasteiger partial charge >= 0.3 is 0 Å². The lowest BCUT2D eigenvalue weighted by atomic mass is 9.97. The predicted molar refractivity (Wildman–Crippen MR) is 95.1 cm³/mol. The minimum atomic E-state index is 0.318. The summed E-state index contributed by atoms with van der Waals surface area (Å²) in [6.45, 7) is 3.91. The van der Waals surface area contributed by atoms with Gasteiger partial charge in [0, 0.05) is 24.8 Å². The van der Waals surface area contributed by atoms with Gasteiger partial charge in [0.15, 0.2) is 5.82 Å². The number of benzene rings is 1. The molecule has 1 saturated heterocycles. The lowest BCUT2D eigenvalue weighted by molar-refractivity contribution is 0.127. The third kappa shape index (κ3) is 4.19. The summed E-state index contributed by atoms with van der Waals surface area (Å²) in [6.07, 6.45) is 4.53. The van der Waals surface area contributed by atoms with Crippen molar-refractivity contribution in [3.8, 4) is 0 Å². The maximum atomic E-state index is 9.28. The number of aliphatic hydroxyl groups excluding tert-OH is 1. The number of aromatic nitrogens is 2. The van der Waals surface area contributed by atoms with Crippen LogP contribution in [0.25, 0.3) is 0 Å². The summed E-state index contributed by atoms with van der Waals surface area (Å²) in [5.74, 6) is 2.51.